The first-order valence-electron chi connectivity index (χ1n) is 3.56. The minimum Gasteiger partial charge on any atom is -0.508 e. The average molecular weight is 169 g/mol. The van der Waals surface area contributed by atoms with Crippen LogP contribution >= 0.6 is 0 Å². The van der Waals surface area contributed by atoms with Gasteiger partial charge < -0.3 is 15.4 Å². The molecule has 0 aromatic heterocycles. The van der Waals surface area contributed by atoms with E-state index in [1.54, 1.807) is 13.0 Å². The molecule has 0 heterocycles. The fourth-order valence-electron chi connectivity index (χ4n) is 0.968. The Bertz CT molecular complexity index is 275. The molecule has 12 heavy (non-hydrogen) atoms. The number of benzene rings is 1. The zero-order valence-corrected chi connectivity index (χ0v) is 6.65. The molecular weight excluding hydrogens is 158 g/mol. The van der Waals surface area contributed by atoms with Crippen molar-refractivity contribution in [2.75, 3.05) is 0 Å². The highest BCUT2D eigenvalue weighted by Gasteiger charge is 2.08. The van der Waals surface area contributed by atoms with Gasteiger partial charge >= 0.3 is 0 Å². The quantitative estimate of drug-likeness (QED) is 0.501. The van der Waals surface area contributed by atoms with Crippen LogP contribution in [0.4, 0.5) is 0 Å². The Morgan fingerprint density at radius 2 is 2.00 bits per heavy atom. The normalized spacial score (nSPS) is 12.8. The zero-order chi connectivity index (χ0) is 9.14. The molecule has 0 amide bonds. The Labute approximate surface area is 70.0 Å². The molecule has 1 aromatic rings. The first kappa shape index (κ1) is 8.83. The molecule has 0 bridgehead atoms. The summed E-state index contributed by atoms with van der Waals surface area (Å²) in [5, 5.41) is 26.8. The Hall–Kier alpha value is -1.26. The van der Waals surface area contributed by atoms with Crippen molar-refractivity contribution >= 4 is 0 Å². The van der Waals surface area contributed by atoms with Crippen LogP contribution in [0.1, 0.15) is 18.5 Å². The lowest BCUT2D eigenvalue weighted by Gasteiger charge is -2.10. The SMILES string of the molecule is C[C@@H](NO)c1ccc(O)cc1O. The van der Waals surface area contributed by atoms with E-state index in [1.165, 1.54) is 12.1 Å². The van der Waals surface area contributed by atoms with Crippen molar-refractivity contribution in [1.82, 2.24) is 5.48 Å². The second-order valence-corrected chi connectivity index (χ2v) is 2.59. The summed E-state index contributed by atoms with van der Waals surface area (Å²) in [4.78, 5) is 0. The van der Waals surface area contributed by atoms with Gasteiger partial charge in [-0.3, -0.25) is 0 Å². The maximum Gasteiger partial charge on any atom is 0.124 e. The topological polar surface area (TPSA) is 72.7 Å². The molecule has 0 radical (unpaired) electrons. The van der Waals surface area contributed by atoms with Crippen LogP contribution in [0.15, 0.2) is 18.2 Å². The van der Waals surface area contributed by atoms with Crippen LogP contribution in [0, 0.1) is 0 Å². The fraction of sp³-hybridized carbons (Fsp3) is 0.250. The van der Waals surface area contributed by atoms with Gasteiger partial charge in [0, 0.05) is 11.6 Å². The van der Waals surface area contributed by atoms with E-state index in [0.717, 1.165) is 0 Å². The molecule has 4 N–H and O–H groups in total. The second kappa shape index (κ2) is 3.42. The van der Waals surface area contributed by atoms with Crippen molar-refractivity contribution in [3.8, 4) is 11.5 Å². The van der Waals surface area contributed by atoms with Crippen LogP contribution in [-0.4, -0.2) is 15.4 Å². The Balaban J connectivity index is 3.01. The van der Waals surface area contributed by atoms with Crippen LogP contribution in [0.5, 0.6) is 11.5 Å². The maximum atomic E-state index is 9.28. The van der Waals surface area contributed by atoms with Crippen molar-refractivity contribution in [2.24, 2.45) is 0 Å². The van der Waals surface area contributed by atoms with Gasteiger partial charge in [0.1, 0.15) is 11.5 Å². The van der Waals surface area contributed by atoms with Crippen LogP contribution in [-0.2, 0) is 0 Å². The van der Waals surface area contributed by atoms with Gasteiger partial charge in [-0.15, -0.1) is 0 Å². The molecule has 66 valence electrons. The number of rotatable bonds is 2. The third-order valence-corrected chi connectivity index (χ3v) is 1.67. The lowest BCUT2D eigenvalue weighted by molar-refractivity contribution is 0.132. The van der Waals surface area contributed by atoms with Crippen molar-refractivity contribution in [2.45, 2.75) is 13.0 Å². The van der Waals surface area contributed by atoms with Crippen molar-refractivity contribution in [3.63, 3.8) is 0 Å². The van der Waals surface area contributed by atoms with Gasteiger partial charge in [-0.1, -0.05) is 6.07 Å². The van der Waals surface area contributed by atoms with E-state index in [0.29, 0.717) is 5.56 Å². The van der Waals surface area contributed by atoms with Crippen molar-refractivity contribution in [3.05, 3.63) is 23.8 Å². The van der Waals surface area contributed by atoms with Crippen LogP contribution in [0.2, 0.25) is 0 Å². The van der Waals surface area contributed by atoms with E-state index in [2.05, 4.69) is 0 Å². The highest BCUT2D eigenvalue weighted by Crippen LogP contribution is 2.27. The highest BCUT2D eigenvalue weighted by atomic mass is 16.5. The van der Waals surface area contributed by atoms with Crippen LogP contribution < -0.4 is 5.48 Å². The molecular formula is C8H11NO3. The molecule has 4 nitrogen and oxygen atoms in total. The molecule has 1 atom stereocenters. The number of phenols is 2. The average Bonchev–Trinajstić information content (AvgIpc) is 2.03. The lowest BCUT2D eigenvalue weighted by atomic mass is 10.1. The van der Waals surface area contributed by atoms with E-state index >= 15 is 0 Å². The molecule has 1 aromatic carbocycles. The van der Waals surface area contributed by atoms with Crippen LogP contribution in [0.3, 0.4) is 0 Å². The number of phenolic OH excluding ortho intramolecular Hbond substituents is 2. The minimum absolute atomic E-state index is 0.00129. The number of nitrogens with one attached hydrogen (secondary N) is 1. The number of hydrogen-bond donors (Lipinski definition) is 4. The molecule has 0 saturated carbocycles. The first-order valence-corrected chi connectivity index (χ1v) is 3.56. The Morgan fingerprint density at radius 3 is 2.50 bits per heavy atom. The van der Waals surface area contributed by atoms with E-state index in [4.69, 9.17) is 10.3 Å². The van der Waals surface area contributed by atoms with Crippen LogP contribution in [0.25, 0.3) is 0 Å². The van der Waals surface area contributed by atoms with Crippen molar-refractivity contribution in [1.29, 1.82) is 0 Å². The van der Waals surface area contributed by atoms with E-state index in [-0.39, 0.29) is 17.5 Å². The van der Waals surface area contributed by atoms with Gasteiger partial charge in [-0.05, 0) is 13.0 Å². The number of aromatic hydroxyl groups is 2. The third-order valence-electron chi connectivity index (χ3n) is 1.67. The number of hydrogen-bond acceptors (Lipinski definition) is 4. The van der Waals surface area contributed by atoms with E-state index in [9.17, 15) is 5.11 Å². The summed E-state index contributed by atoms with van der Waals surface area (Å²) in [6.07, 6.45) is 0. The maximum absolute atomic E-state index is 9.28. The smallest absolute Gasteiger partial charge is 0.124 e. The summed E-state index contributed by atoms with van der Waals surface area (Å²) in [6.45, 7) is 1.69. The lowest BCUT2D eigenvalue weighted by Crippen LogP contribution is -2.12. The molecule has 0 unspecified atom stereocenters. The molecule has 0 spiro atoms. The first-order chi connectivity index (χ1) is 5.65. The molecule has 0 saturated heterocycles. The summed E-state index contributed by atoms with van der Waals surface area (Å²) >= 11 is 0. The predicted molar refractivity (Wildman–Crippen MR) is 43.1 cm³/mol. The third kappa shape index (κ3) is 1.66. The van der Waals surface area contributed by atoms with Gasteiger partial charge in [0.2, 0.25) is 0 Å². The largest absolute Gasteiger partial charge is 0.508 e. The second-order valence-electron chi connectivity index (χ2n) is 2.59. The monoisotopic (exact) mass is 169 g/mol. The van der Waals surface area contributed by atoms with Gasteiger partial charge in [0.25, 0.3) is 0 Å². The minimum atomic E-state index is -0.356. The highest BCUT2D eigenvalue weighted by molar-refractivity contribution is 5.40. The summed E-state index contributed by atoms with van der Waals surface area (Å²) in [5.74, 6) is -0.0366. The van der Waals surface area contributed by atoms with Gasteiger partial charge in [-0.2, -0.15) is 5.48 Å². The molecule has 1 rings (SSSR count). The van der Waals surface area contributed by atoms with Gasteiger partial charge in [0.05, 0.1) is 6.04 Å². The molecule has 0 aliphatic rings. The van der Waals surface area contributed by atoms with E-state index in [1.807, 2.05) is 5.48 Å². The predicted octanol–water partition coefficient (Wildman–Crippen LogP) is 1.14. The summed E-state index contributed by atoms with van der Waals surface area (Å²) in [7, 11) is 0. The molecule has 0 aliphatic heterocycles. The van der Waals surface area contributed by atoms with Gasteiger partial charge in [-0.25, -0.2) is 0 Å². The number of hydroxylamine groups is 1. The Morgan fingerprint density at radius 1 is 1.33 bits per heavy atom. The summed E-state index contributed by atoms with van der Waals surface area (Å²) in [6, 6.07) is 3.86. The van der Waals surface area contributed by atoms with Gasteiger partial charge in [0.15, 0.2) is 0 Å². The fourth-order valence-corrected chi connectivity index (χ4v) is 0.968. The van der Waals surface area contributed by atoms with E-state index < -0.39 is 0 Å². The molecule has 4 heteroatoms. The standard InChI is InChI=1S/C8H11NO3/c1-5(9-12)7-3-2-6(10)4-8(7)11/h2-5,9-12H,1H3/t5-/m1/s1. The summed E-state index contributed by atoms with van der Waals surface area (Å²) in [5.41, 5.74) is 2.54. The van der Waals surface area contributed by atoms with Crippen molar-refractivity contribution < 1.29 is 15.4 Å². The molecule has 0 aliphatic carbocycles. The zero-order valence-electron chi connectivity index (χ0n) is 6.65. The summed E-state index contributed by atoms with van der Waals surface area (Å²) < 4.78 is 0. The molecule has 0 fully saturated rings. The Kier molecular flexibility index (Phi) is 2.52.